The van der Waals surface area contributed by atoms with Gasteiger partial charge in [-0.05, 0) is 74.4 Å². The van der Waals surface area contributed by atoms with Gasteiger partial charge < -0.3 is 15.0 Å². The number of aryl methyl sites for hydroxylation is 2. The van der Waals surface area contributed by atoms with Crippen molar-refractivity contribution in [3.05, 3.63) is 98.5 Å². The van der Waals surface area contributed by atoms with Crippen molar-refractivity contribution in [3.63, 3.8) is 0 Å². The fourth-order valence-electron chi connectivity index (χ4n) is 3.16. The van der Waals surface area contributed by atoms with E-state index in [0.29, 0.717) is 22.4 Å². The summed E-state index contributed by atoms with van der Waals surface area (Å²) in [6, 6.07) is 18.0. The molecule has 0 saturated carbocycles. The van der Waals surface area contributed by atoms with Crippen LogP contribution in [-0.4, -0.2) is 10.9 Å². The number of amides is 1. The van der Waals surface area contributed by atoms with Crippen molar-refractivity contribution in [3.8, 4) is 11.8 Å². The van der Waals surface area contributed by atoms with Crippen molar-refractivity contribution >= 4 is 5.91 Å². The maximum absolute atomic E-state index is 12.5. The lowest BCUT2D eigenvalue weighted by atomic mass is 10.1. The molecule has 2 aromatic carbocycles. The van der Waals surface area contributed by atoms with Gasteiger partial charge in [0.1, 0.15) is 11.9 Å². The van der Waals surface area contributed by atoms with E-state index in [4.69, 9.17) is 10.00 Å². The summed E-state index contributed by atoms with van der Waals surface area (Å²) >= 11 is 0. The average molecular weight is 401 g/mol. The second-order valence-electron chi connectivity index (χ2n) is 7.14. The van der Waals surface area contributed by atoms with Crippen LogP contribution < -0.4 is 15.6 Å². The quantitative estimate of drug-likeness (QED) is 0.654. The number of hydrogen-bond donors (Lipinski definition) is 2. The van der Waals surface area contributed by atoms with Gasteiger partial charge in [0, 0.05) is 23.4 Å². The zero-order valence-corrected chi connectivity index (χ0v) is 17.2. The number of aromatic amines is 1. The van der Waals surface area contributed by atoms with Crippen LogP contribution in [-0.2, 0) is 6.54 Å². The molecule has 0 bridgehead atoms. The third-order valence-corrected chi connectivity index (χ3v) is 4.86. The zero-order valence-electron chi connectivity index (χ0n) is 17.2. The molecule has 0 fully saturated rings. The molecule has 0 unspecified atom stereocenters. The van der Waals surface area contributed by atoms with Crippen molar-refractivity contribution in [2.45, 2.75) is 33.4 Å². The number of nitriles is 1. The summed E-state index contributed by atoms with van der Waals surface area (Å²) in [4.78, 5) is 27.3. The van der Waals surface area contributed by atoms with Gasteiger partial charge in [0.25, 0.3) is 11.5 Å². The number of nitrogens with zero attached hydrogens (tertiary/aromatic N) is 1. The minimum absolute atomic E-state index is 0.167. The van der Waals surface area contributed by atoms with Gasteiger partial charge in [-0.15, -0.1) is 0 Å². The molecule has 0 spiro atoms. The second kappa shape index (κ2) is 9.10. The van der Waals surface area contributed by atoms with Gasteiger partial charge in [-0.25, -0.2) is 0 Å². The van der Waals surface area contributed by atoms with E-state index in [-0.39, 0.29) is 24.1 Å². The predicted molar refractivity (Wildman–Crippen MR) is 114 cm³/mol. The lowest BCUT2D eigenvalue weighted by Crippen LogP contribution is -2.27. The maximum Gasteiger partial charge on any atom is 0.253 e. The van der Waals surface area contributed by atoms with Gasteiger partial charge in [0.05, 0.1) is 11.6 Å². The highest BCUT2D eigenvalue weighted by Gasteiger charge is 2.12. The molecular weight excluding hydrogens is 378 g/mol. The summed E-state index contributed by atoms with van der Waals surface area (Å²) in [6.07, 6.45) is -0.219. The Kier molecular flexibility index (Phi) is 6.33. The monoisotopic (exact) mass is 401 g/mol. The van der Waals surface area contributed by atoms with Crippen LogP contribution >= 0.6 is 0 Å². The number of nitrogens with one attached hydrogen (secondary N) is 2. The minimum Gasteiger partial charge on any atom is -0.486 e. The molecule has 1 atom stereocenters. The van der Waals surface area contributed by atoms with E-state index < -0.39 is 0 Å². The Bertz CT molecular complexity index is 1140. The SMILES string of the molecule is Cc1cc(C)c(CNC(=O)c2ccc([C@H](C)Oc3ccc(C#N)cc3)cc2)c(=O)[nH]1. The molecule has 0 saturated heterocycles. The summed E-state index contributed by atoms with van der Waals surface area (Å²) in [5.74, 6) is 0.420. The molecule has 6 nitrogen and oxygen atoms in total. The number of rotatable bonds is 6. The minimum atomic E-state index is -0.249. The lowest BCUT2D eigenvalue weighted by molar-refractivity contribution is 0.0950. The molecule has 6 heteroatoms. The van der Waals surface area contributed by atoms with Crippen molar-refractivity contribution < 1.29 is 9.53 Å². The third kappa shape index (κ3) is 4.95. The molecule has 3 aromatic rings. The highest BCUT2D eigenvalue weighted by atomic mass is 16.5. The number of ether oxygens (including phenoxy) is 1. The van der Waals surface area contributed by atoms with E-state index in [2.05, 4.69) is 16.4 Å². The van der Waals surface area contributed by atoms with Gasteiger partial charge in [-0.3, -0.25) is 9.59 Å². The first-order valence-corrected chi connectivity index (χ1v) is 9.61. The molecule has 1 amide bonds. The third-order valence-electron chi connectivity index (χ3n) is 4.86. The Morgan fingerprint density at radius 1 is 1.13 bits per heavy atom. The zero-order chi connectivity index (χ0) is 21.7. The average Bonchev–Trinajstić information content (AvgIpc) is 2.73. The predicted octanol–water partition coefficient (Wildman–Crippen LogP) is 3.93. The van der Waals surface area contributed by atoms with Gasteiger partial charge in [0.15, 0.2) is 0 Å². The van der Waals surface area contributed by atoms with E-state index in [9.17, 15) is 9.59 Å². The number of pyridine rings is 1. The fraction of sp³-hybridized carbons (Fsp3) is 0.208. The number of carbonyl (C=O) groups is 1. The van der Waals surface area contributed by atoms with Crippen molar-refractivity contribution in [2.24, 2.45) is 0 Å². The fourth-order valence-corrected chi connectivity index (χ4v) is 3.16. The summed E-state index contributed by atoms with van der Waals surface area (Å²) in [7, 11) is 0. The molecule has 1 aromatic heterocycles. The van der Waals surface area contributed by atoms with Crippen LogP contribution in [0.25, 0.3) is 0 Å². The molecule has 1 heterocycles. The maximum atomic E-state index is 12.5. The van der Waals surface area contributed by atoms with Crippen molar-refractivity contribution in [2.75, 3.05) is 0 Å². The smallest absolute Gasteiger partial charge is 0.253 e. The van der Waals surface area contributed by atoms with Crippen LogP contribution in [0.4, 0.5) is 0 Å². The standard InChI is InChI=1S/C24H23N3O3/c1-15-12-16(2)27-24(29)22(15)14-26-23(28)20-8-6-19(7-9-20)17(3)30-21-10-4-18(13-25)5-11-21/h4-12,17H,14H2,1-3H3,(H,26,28)(H,27,29)/t17-/m0/s1. The Hall–Kier alpha value is -3.85. The number of benzene rings is 2. The first-order chi connectivity index (χ1) is 14.4. The molecule has 152 valence electrons. The Morgan fingerprint density at radius 2 is 1.80 bits per heavy atom. The first kappa shape index (κ1) is 20.9. The summed E-state index contributed by atoms with van der Waals surface area (Å²) < 4.78 is 5.89. The Balaban J connectivity index is 1.62. The van der Waals surface area contributed by atoms with Gasteiger partial charge in [-0.2, -0.15) is 5.26 Å². The van der Waals surface area contributed by atoms with Crippen LogP contribution in [0, 0.1) is 25.2 Å². The summed E-state index contributed by atoms with van der Waals surface area (Å²) in [5, 5.41) is 11.7. The van der Waals surface area contributed by atoms with E-state index >= 15 is 0 Å². The number of H-pyrrole nitrogens is 1. The second-order valence-corrected chi connectivity index (χ2v) is 7.14. The molecular formula is C24H23N3O3. The van der Waals surface area contributed by atoms with Crippen LogP contribution in [0.15, 0.2) is 59.4 Å². The van der Waals surface area contributed by atoms with Crippen LogP contribution in [0.2, 0.25) is 0 Å². The molecule has 0 aliphatic carbocycles. The van der Waals surface area contributed by atoms with E-state index in [0.717, 1.165) is 16.8 Å². The van der Waals surface area contributed by atoms with E-state index in [1.165, 1.54) is 0 Å². The highest BCUT2D eigenvalue weighted by molar-refractivity contribution is 5.94. The molecule has 30 heavy (non-hydrogen) atoms. The van der Waals surface area contributed by atoms with E-state index in [1.807, 2.05) is 39.0 Å². The van der Waals surface area contributed by atoms with Gasteiger partial charge in [0.2, 0.25) is 0 Å². The van der Waals surface area contributed by atoms with Crippen molar-refractivity contribution in [1.29, 1.82) is 5.26 Å². The molecule has 0 aliphatic heterocycles. The van der Waals surface area contributed by atoms with Crippen LogP contribution in [0.5, 0.6) is 5.75 Å². The molecule has 2 N–H and O–H groups in total. The lowest BCUT2D eigenvalue weighted by Gasteiger charge is -2.15. The van der Waals surface area contributed by atoms with Gasteiger partial charge >= 0.3 is 0 Å². The molecule has 3 rings (SSSR count). The number of hydrogen-bond acceptors (Lipinski definition) is 4. The van der Waals surface area contributed by atoms with E-state index in [1.54, 1.807) is 36.4 Å². The van der Waals surface area contributed by atoms with Crippen LogP contribution in [0.3, 0.4) is 0 Å². The highest BCUT2D eigenvalue weighted by Crippen LogP contribution is 2.22. The summed E-state index contributed by atoms with van der Waals surface area (Å²) in [6.45, 7) is 5.76. The van der Waals surface area contributed by atoms with Gasteiger partial charge in [-0.1, -0.05) is 12.1 Å². The normalized spacial score (nSPS) is 11.4. The van der Waals surface area contributed by atoms with Crippen molar-refractivity contribution in [1.82, 2.24) is 10.3 Å². The summed E-state index contributed by atoms with van der Waals surface area (Å²) in [5.41, 5.74) is 4.01. The molecule has 0 radical (unpaired) electrons. The number of aromatic nitrogens is 1. The Morgan fingerprint density at radius 3 is 2.40 bits per heavy atom. The largest absolute Gasteiger partial charge is 0.486 e. The number of carbonyl (C=O) groups excluding carboxylic acids is 1. The topological polar surface area (TPSA) is 95.0 Å². The molecule has 0 aliphatic rings. The van der Waals surface area contributed by atoms with Crippen LogP contribution in [0.1, 0.15) is 51.3 Å². The first-order valence-electron chi connectivity index (χ1n) is 9.61. The Labute approximate surface area is 175 Å².